The molecular weight excluding hydrogens is 225 g/mol. The number of rotatable bonds is 4. The van der Waals surface area contributed by atoms with Gasteiger partial charge < -0.3 is 5.32 Å². The quantitative estimate of drug-likeness (QED) is 0.831. The zero-order chi connectivity index (χ0) is 13.0. The number of hydrogen-bond donors (Lipinski definition) is 1. The first-order valence-corrected chi connectivity index (χ1v) is 7.14. The SMILES string of the molecule is CCNC(c1cccc(F)c1)C1(C)CCCCC1. The topological polar surface area (TPSA) is 12.0 Å². The lowest BCUT2D eigenvalue weighted by atomic mass is 9.68. The van der Waals surface area contributed by atoms with Crippen molar-refractivity contribution in [1.82, 2.24) is 5.32 Å². The minimum atomic E-state index is -0.130. The molecule has 0 aromatic heterocycles. The lowest BCUT2D eigenvalue weighted by molar-refractivity contribution is 0.146. The molecule has 0 aliphatic heterocycles. The van der Waals surface area contributed by atoms with Crippen LogP contribution in [0.4, 0.5) is 4.39 Å². The fraction of sp³-hybridized carbons (Fsp3) is 0.625. The minimum absolute atomic E-state index is 0.130. The third kappa shape index (κ3) is 2.92. The van der Waals surface area contributed by atoms with Gasteiger partial charge in [0.05, 0.1) is 0 Å². The van der Waals surface area contributed by atoms with Crippen LogP contribution in [0, 0.1) is 11.2 Å². The van der Waals surface area contributed by atoms with Crippen molar-refractivity contribution in [2.24, 2.45) is 5.41 Å². The summed E-state index contributed by atoms with van der Waals surface area (Å²) in [6.45, 7) is 5.40. The molecule has 1 aliphatic carbocycles. The molecule has 1 aromatic carbocycles. The molecule has 1 aromatic rings. The summed E-state index contributed by atoms with van der Waals surface area (Å²) >= 11 is 0. The number of benzene rings is 1. The molecule has 2 rings (SSSR count). The van der Waals surface area contributed by atoms with Gasteiger partial charge in [-0.05, 0) is 42.5 Å². The second-order valence-corrected chi connectivity index (χ2v) is 5.76. The third-order valence-electron chi connectivity index (χ3n) is 4.28. The molecule has 0 spiro atoms. The molecule has 18 heavy (non-hydrogen) atoms. The summed E-state index contributed by atoms with van der Waals surface area (Å²) in [4.78, 5) is 0. The maximum atomic E-state index is 13.4. The molecule has 0 heterocycles. The van der Waals surface area contributed by atoms with Gasteiger partial charge in [0.2, 0.25) is 0 Å². The Labute approximate surface area is 110 Å². The second-order valence-electron chi connectivity index (χ2n) is 5.76. The normalized spacial score (nSPS) is 20.6. The van der Waals surface area contributed by atoms with E-state index < -0.39 is 0 Å². The summed E-state index contributed by atoms with van der Waals surface area (Å²) < 4.78 is 13.4. The number of nitrogens with one attached hydrogen (secondary N) is 1. The monoisotopic (exact) mass is 249 g/mol. The highest BCUT2D eigenvalue weighted by atomic mass is 19.1. The van der Waals surface area contributed by atoms with Crippen LogP contribution in [0.3, 0.4) is 0 Å². The van der Waals surface area contributed by atoms with Crippen LogP contribution in [0.15, 0.2) is 24.3 Å². The lowest BCUT2D eigenvalue weighted by Crippen LogP contribution is -2.37. The summed E-state index contributed by atoms with van der Waals surface area (Å²) in [5, 5.41) is 3.57. The first-order chi connectivity index (χ1) is 8.65. The zero-order valence-corrected chi connectivity index (χ0v) is 11.5. The highest BCUT2D eigenvalue weighted by Crippen LogP contribution is 2.45. The van der Waals surface area contributed by atoms with Crippen molar-refractivity contribution in [3.8, 4) is 0 Å². The molecule has 100 valence electrons. The minimum Gasteiger partial charge on any atom is -0.310 e. The van der Waals surface area contributed by atoms with E-state index in [1.807, 2.05) is 6.07 Å². The molecular formula is C16H24FN. The molecule has 2 heteroatoms. The van der Waals surface area contributed by atoms with Crippen molar-refractivity contribution < 1.29 is 4.39 Å². The molecule has 1 nitrogen and oxygen atoms in total. The Hall–Kier alpha value is -0.890. The van der Waals surface area contributed by atoms with Gasteiger partial charge in [-0.25, -0.2) is 4.39 Å². The van der Waals surface area contributed by atoms with E-state index in [9.17, 15) is 4.39 Å². The van der Waals surface area contributed by atoms with E-state index in [0.717, 1.165) is 12.1 Å². The van der Waals surface area contributed by atoms with Crippen molar-refractivity contribution in [3.05, 3.63) is 35.6 Å². The van der Waals surface area contributed by atoms with E-state index in [2.05, 4.69) is 25.2 Å². The predicted molar refractivity (Wildman–Crippen MR) is 74.0 cm³/mol. The van der Waals surface area contributed by atoms with Crippen molar-refractivity contribution in [2.45, 2.75) is 52.0 Å². The molecule has 0 saturated heterocycles. The first-order valence-electron chi connectivity index (χ1n) is 7.14. The fourth-order valence-corrected chi connectivity index (χ4v) is 3.31. The van der Waals surface area contributed by atoms with Gasteiger partial charge in [-0.3, -0.25) is 0 Å². The summed E-state index contributed by atoms with van der Waals surface area (Å²) in [5.41, 5.74) is 1.36. The lowest BCUT2D eigenvalue weighted by Gasteiger charge is -2.41. The Kier molecular flexibility index (Phi) is 4.39. The van der Waals surface area contributed by atoms with Crippen LogP contribution in [0.5, 0.6) is 0 Å². The van der Waals surface area contributed by atoms with Gasteiger partial charge in [0.15, 0.2) is 0 Å². The highest BCUT2D eigenvalue weighted by Gasteiger charge is 2.35. The molecule has 0 amide bonds. The van der Waals surface area contributed by atoms with Crippen molar-refractivity contribution in [1.29, 1.82) is 0 Å². The van der Waals surface area contributed by atoms with Gasteiger partial charge in [0, 0.05) is 6.04 Å². The molecule has 1 aliphatic rings. The smallest absolute Gasteiger partial charge is 0.123 e. The zero-order valence-electron chi connectivity index (χ0n) is 11.5. The second kappa shape index (κ2) is 5.83. The Bertz CT molecular complexity index is 382. The summed E-state index contributed by atoms with van der Waals surface area (Å²) in [5.74, 6) is -0.130. The molecule has 1 atom stereocenters. The molecule has 0 radical (unpaired) electrons. The number of halogens is 1. The summed E-state index contributed by atoms with van der Waals surface area (Å²) in [7, 11) is 0. The average Bonchev–Trinajstić information content (AvgIpc) is 2.36. The molecule has 1 unspecified atom stereocenters. The third-order valence-corrected chi connectivity index (χ3v) is 4.28. The van der Waals surface area contributed by atoms with Crippen molar-refractivity contribution in [2.75, 3.05) is 6.54 Å². The molecule has 1 N–H and O–H groups in total. The molecule has 0 bridgehead atoms. The van der Waals surface area contributed by atoms with Gasteiger partial charge in [-0.15, -0.1) is 0 Å². The van der Waals surface area contributed by atoms with Gasteiger partial charge in [0.1, 0.15) is 5.82 Å². The van der Waals surface area contributed by atoms with E-state index in [-0.39, 0.29) is 17.3 Å². The first kappa shape index (κ1) is 13.5. The maximum Gasteiger partial charge on any atom is 0.123 e. The highest BCUT2D eigenvalue weighted by molar-refractivity contribution is 5.22. The number of hydrogen-bond acceptors (Lipinski definition) is 1. The van der Waals surface area contributed by atoms with Crippen molar-refractivity contribution in [3.63, 3.8) is 0 Å². The largest absolute Gasteiger partial charge is 0.310 e. The predicted octanol–water partition coefficient (Wildman–Crippen LogP) is 4.45. The van der Waals surface area contributed by atoms with Crippen LogP contribution in [-0.4, -0.2) is 6.54 Å². The van der Waals surface area contributed by atoms with Gasteiger partial charge >= 0.3 is 0 Å². The summed E-state index contributed by atoms with van der Waals surface area (Å²) in [6, 6.07) is 7.36. The van der Waals surface area contributed by atoms with E-state index in [4.69, 9.17) is 0 Å². The van der Waals surface area contributed by atoms with Crippen LogP contribution in [0.1, 0.15) is 57.6 Å². The van der Waals surface area contributed by atoms with Crippen molar-refractivity contribution >= 4 is 0 Å². The Morgan fingerprint density at radius 3 is 2.61 bits per heavy atom. The van der Waals surface area contributed by atoms with Crippen LogP contribution >= 0.6 is 0 Å². The fourth-order valence-electron chi connectivity index (χ4n) is 3.31. The van der Waals surface area contributed by atoms with Crippen LogP contribution < -0.4 is 5.32 Å². The molecule has 1 fully saturated rings. The Balaban J connectivity index is 2.26. The standard InChI is InChI=1S/C16H24FN/c1-3-18-15(13-8-7-9-14(17)12-13)16(2)10-5-4-6-11-16/h7-9,12,15,18H,3-6,10-11H2,1-2H3. The van der Waals surface area contributed by atoms with Gasteiger partial charge in [-0.2, -0.15) is 0 Å². The Morgan fingerprint density at radius 1 is 1.28 bits per heavy atom. The van der Waals surface area contributed by atoms with E-state index in [1.54, 1.807) is 6.07 Å². The maximum absolute atomic E-state index is 13.4. The Morgan fingerprint density at radius 2 is 2.00 bits per heavy atom. The average molecular weight is 249 g/mol. The van der Waals surface area contributed by atoms with E-state index in [0.29, 0.717) is 0 Å². The van der Waals surface area contributed by atoms with Gasteiger partial charge in [-0.1, -0.05) is 45.2 Å². The van der Waals surface area contributed by atoms with Crippen LogP contribution in [0.25, 0.3) is 0 Å². The van der Waals surface area contributed by atoms with E-state index >= 15 is 0 Å². The van der Waals surface area contributed by atoms with Crippen LogP contribution in [-0.2, 0) is 0 Å². The summed E-state index contributed by atoms with van der Waals surface area (Å²) in [6.07, 6.45) is 6.42. The van der Waals surface area contributed by atoms with E-state index in [1.165, 1.54) is 38.2 Å². The van der Waals surface area contributed by atoms with Crippen LogP contribution in [0.2, 0.25) is 0 Å². The molecule has 1 saturated carbocycles. The van der Waals surface area contributed by atoms with Gasteiger partial charge in [0.25, 0.3) is 0 Å².